The number of carbonyl (C=O) groups excluding carboxylic acids is 1. The van der Waals surface area contributed by atoms with Gasteiger partial charge in [-0.15, -0.1) is 11.3 Å². The molecule has 0 spiro atoms. The molecule has 4 rings (SSSR count). The fourth-order valence-electron chi connectivity index (χ4n) is 3.39. The Hall–Kier alpha value is -1.91. The minimum atomic E-state index is -3.47. The van der Waals surface area contributed by atoms with Crippen molar-refractivity contribution in [3.8, 4) is 0 Å². The second kappa shape index (κ2) is 9.30. The Bertz CT molecular complexity index is 1200. The number of aromatic nitrogens is 2. The van der Waals surface area contributed by atoms with Crippen molar-refractivity contribution >= 4 is 56.3 Å². The van der Waals surface area contributed by atoms with E-state index in [-0.39, 0.29) is 16.5 Å². The summed E-state index contributed by atoms with van der Waals surface area (Å²) >= 11 is 13.5. The third-order valence-electron chi connectivity index (χ3n) is 4.97. The van der Waals surface area contributed by atoms with Gasteiger partial charge in [-0.1, -0.05) is 35.3 Å². The number of hydrogen-bond acceptors (Lipinski definition) is 5. The summed E-state index contributed by atoms with van der Waals surface area (Å²) in [5, 5.41) is 7.97. The maximum Gasteiger partial charge on any atom is 0.252 e. The summed E-state index contributed by atoms with van der Waals surface area (Å²) in [6.07, 6.45) is 3.42. The molecule has 1 saturated heterocycles. The first-order valence-electron chi connectivity index (χ1n) is 9.68. The third kappa shape index (κ3) is 4.96. The SMILES string of the molecule is O=C(Cc1ccc(S(=O)(=O)N2CCCC2)s1)Nc1ccnn1Cc1cccc(Cl)c1Cl. The zero-order valence-corrected chi connectivity index (χ0v) is 19.6. The minimum Gasteiger partial charge on any atom is -0.311 e. The van der Waals surface area contributed by atoms with Gasteiger partial charge in [-0.25, -0.2) is 13.1 Å². The van der Waals surface area contributed by atoms with Crippen LogP contribution < -0.4 is 5.32 Å². The van der Waals surface area contributed by atoms with Gasteiger partial charge in [0.1, 0.15) is 10.0 Å². The molecule has 11 heteroatoms. The Morgan fingerprint density at radius 1 is 1.13 bits per heavy atom. The topological polar surface area (TPSA) is 84.3 Å². The van der Waals surface area contributed by atoms with Gasteiger partial charge in [0.05, 0.1) is 29.2 Å². The Labute approximate surface area is 194 Å². The highest BCUT2D eigenvalue weighted by molar-refractivity contribution is 7.91. The van der Waals surface area contributed by atoms with Gasteiger partial charge in [0, 0.05) is 24.0 Å². The average molecular weight is 499 g/mol. The molecular weight excluding hydrogens is 479 g/mol. The van der Waals surface area contributed by atoms with Gasteiger partial charge in [-0.2, -0.15) is 9.40 Å². The van der Waals surface area contributed by atoms with E-state index in [9.17, 15) is 13.2 Å². The fraction of sp³-hybridized carbons (Fsp3) is 0.300. The van der Waals surface area contributed by atoms with Crippen molar-refractivity contribution in [3.05, 3.63) is 63.1 Å². The predicted molar refractivity (Wildman–Crippen MR) is 122 cm³/mol. The van der Waals surface area contributed by atoms with Crippen LogP contribution in [0.2, 0.25) is 10.0 Å². The van der Waals surface area contributed by atoms with Crippen LogP contribution in [0, 0.1) is 0 Å². The lowest BCUT2D eigenvalue weighted by molar-refractivity contribution is -0.115. The Kier molecular flexibility index (Phi) is 6.68. The quantitative estimate of drug-likeness (QED) is 0.527. The molecule has 1 aromatic carbocycles. The number of benzene rings is 1. The standard InChI is InChI=1S/C20H20Cl2N4O3S2/c21-16-5-3-4-14(20(16)22)13-26-17(8-9-23-26)24-18(27)12-15-6-7-19(30-15)31(28,29)25-10-1-2-11-25/h3-9H,1-2,10-13H2,(H,24,27). The summed E-state index contributed by atoms with van der Waals surface area (Å²) in [5.74, 6) is 0.258. The largest absolute Gasteiger partial charge is 0.311 e. The molecule has 1 amide bonds. The molecule has 1 N–H and O–H groups in total. The number of thiophene rings is 1. The van der Waals surface area contributed by atoms with Crippen molar-refractivity contribution in [1.29, 1.82) is 0 Å². The third-order valence-corrected chi connectivity index (χ3v) is 9.28. The number of halogens is 2. The van der Waals surface area contributed by atoms with Crippen LogP contribution in [0.5, 0.6) is 0 Å². The van der Waals surface area contributed by atoms with E-state index in [4.69, 9.17) is 23.2 Å². The van der Waals surface area contributed by atoms with Crippen LogP contribution in [0.25, 0.3) is 0 Å². The molecule has 3 heterocycles. The van der Waals surface area contributed by atoms with Crippen LogP contribution in [0.4, 0.5) is 5.82 Å². The molecule has 0 aliphatic carbocycles. The summed E-state index contributed by atoms with van der Waals surface area (Å²) in [4.78, 5) is 13.2. The van der Waals surface area contributed by atoms with E-state index in [0.717, 1.165) is 29.7 Å². The number of hydrogen-bond donors (Lipinski definition) is 1. The maximum atomic E-state index is 12.7. The van der Waals surface area contributed by atoms with Gasteiger partial charge >= 0.3 is 0 Å². The molecule has 0 atom stereocenters. The summed E-state index contributed by atoms with van der Waals surface area (Å²) in [7, 11) is -3.47. The lowest BCUT2D eigenvalue weighted by atomic mass is 10.2. The monoisotopic (exact) mass is 498 g/mol. The van der Waals surface area contributed by atoms with E-state index >= 15 is 0 Å². The highest BCUT2D eigenvalue weighted by Gasteiger charge is 2.28. The van der Waals surface area contributed by atoms with E-state index < -0.39 is 10.0 Å². The lowest BCUT2D eigenvalue weighted by Crippen LogP contribution is -2.27. The Balaban J connectivity index is 1.42. The zero-order chi connectivity index (χ0) is 22.0. The molecule has 1 fully saturated rings. The van der Waals surface area contributed by atoms with Gasteiger partial charge in [0.15, 0.2) is 0 Å². The smallest absolute Gasteiger partial charge is 0.252 e. The molecule has 0 bridgehead atoms. The van der Waals surface area contributed by atoms with Crippen molar-refractivity contribution in [2.75, 3.05) is 18.4 Å². The van der Waals surface area contributed by atoms with E-state index in [0.29, 0.717) is 40.4 Å². The summed E-state index contributed by atoms with van der Waals surface area (Å²) in [6, 6.07) is 10.3. The Morgan fingerprint density at radius 2 is 1.90 bits per heavy atom. The van der Waals surface area contributed by atoms with Crippen LogP contribution in [0.3, 0.4) is 0 Å². The molecule has 0 saturated carbocycles. The van der Waals surface area contributed by atoms with Gasteiger partial charge in [0.2, 0.25) is 5.91 Å². The van der Waals surface area contributed by atoms with Crippen LogP contribution >= 0.6 is 34.5 Å². The van der Waals surface area contributed by atoms with Crippen molar-refractivity contribution in [1.82, 2.24) is 14.1 Å². The molecule has 1 aliphatic heterocycles. The number of rotatable bonds is 7. The molecule has 2 aromatic heterocycles. The van der Waals surface area contributed by atoms with Crippen molar-refractivity contribution < 1.29 is 13.2 Å². The number of nitrogens with zero attached hydrogens (tertiary/aromatic N) is 3. The molecule has 3 aromatic rings. The highest BCUT2D eigenvalue weighted by Crippen LogP contribution is 2.28. The molecule has 7 nitrogen and oxygen atoms in total. The van der Waals surface area contributed by atoms with Crippen molar-refractivity contribution in [2.24, 2.45) is 0 Å². The van der Waals surface area contributed by atoms with Crippen molar-refractivity contribution in [2.45, 2.75) is 30.0 Å². The van der Waals surface area contributed by atoms with E-state index in [1.807, 2.05) is 6.07 Å². The van der Waals surface area contributed by atoms with Crippen LogP contribution in [-0.2, 0) is 27.8 Å². The van der Waals surface area contributed by atoms with Crippen molar-refractivity contribution in [3.63, 3.8) is 0 Å². The molecule has 0 unspecified atom stereocenters. The van der Waals surface area contributed by atoms with Gasteiger partial charge in [-0.3, -0.25) is 4.79 Å². The molecular formula is C20H20Cl2N4O3S2. The van der Waals surface area contributed by atoms with Gasteiger partial charge < -0.3 is 5.32 Å². The zero-order valence-electron chi connectivity index (χ0n) is 16.4. The number of nitrogens with one attached hydrogen (secondary N) is 1. The average Bonchev–Trinajstić information content (AvgIpc) is 3.48. The highest BCUT2D eigenvalue weighted by atomic mass is 35.5. The number of sulfonamides is 1. The van der Waals surface area contributed by atoms with Gasteiger partial charge in [0.25, 0.3) is 10.0 Å². The summed E-state index contributed by atoms with van der Waals surface area (Å²) in [6.45, 7) is 1.45. The molecule has 164 valence electrons. The van der Waals surface area contributed by atoms with Crippen LogP contribution in [-0.4, -0.2) is 41.5 Å². The summed E-state index contributed by atoms with van der Waals surface area (Å²) in [5.41, 5.74) is 0.781. The number of anilines is 1. The van der Waals surface area contributed by atoms with Crippen LogP contribution in [0.15, 0.2) is 46.8 Å². The van der Waals surface area contributed by atoms with Crippen LogP contribution in [0.1, 0.15) is 23.3 Å². The molecule has 1 aliphatic rings. The van der Waals surface area contributed by atoms with E-state index in [1.54, 1.807) is 41.2 Å². The molecule has 0 radical (unpaired) electrons. The number of amides is 1. The first kappa shape index (κ1) is 22.3. The second-order valence-electron chi connectivity index (χ2n) is 7.14. The number of carbonyl (C=O) groups is 1. The minimum absolute atomic E-state index is 0.0727. The first-order chi connectivity index (χ1) is 14.8. The first-order valence-corrected chi connectivity index (χ1v) is 12.7. The van der Waals surface area contributed by atoms with E-state index in [1.165, 1.54) is 4.31 Å². The van der Waals surface area contributed by atoms with Gasteiger partial charge in [-0.05, 0) is 36.6 Å². The second-order valence-corrected chi connectivity index (χ2v) is 11.3. The normalized spacial score (nSPS) is 14.8. The maximum absolute atomic E-state index is 12.7. The lowest BCUT2D eigenvalue weighted by Gasteiger charge is -2.13. The molecule has 31 heavy (non-hydrogen) atoms. The Morgan fingerprint density at radius 3 is 2.68 bits per heavy atom. The van der Waals surface area contributed by atoms with E-state index in [2.05, 4.69) is 10.4 Å². The summed E-state index contributed by atoms with van der Waals surface area (Å²) < 4.78 is 28.7. The predicted octanol–water partition coefficient (Wildman–Crippen LogP) is 4.27. The fourth-order valence-corrected chi connectivity index (χ4v) is 6.80.